The zero-order valence-electron chi connectivity index (χ0n) is 23.3. The third kappa shape index (κ3) is 7.08. The molecule has 0 spiro atoms. The second-order valence-electron chi connectivity index (χ2n) is 9.94. The maximum Gasteiger partial charge on any atom is 0.409 e. The van der Waals surface area contributed by atoms with E-state index in [1.54, 1.807) is 59.3 Å². The summed E-state index contributed by atoms with van der Waals surface area (Å²) in [6, 6.07) is 14.7. The molecule has 4 heterocycles. The quantitative estimate of drug-likeness (QED) is 0.192. The van der Waals surface area contributed by atoms with Crippen molar-refractivity contribution in [1.82, 2.24) is 45.5 Å². The largest absolute Gasteiger partial charge is 0.478 e. The molecule has 5 aromatic rings. The van der Waals surface area contributed by atoms with Crippen LogP contribution in [0.5, 0.6) is 5.88 Å². The van der Waals surface area contributed by atoms with Crippen LogP contribution in [0.3, 0.4) is 0 Å². The van der Waals surface area contributed by atoms with Crippen LogP contribution in [0.1, 0.15) is 29.4 Å². The first-order valence-corrected chi connectivity index (χ1v) is 14.4. The van der Waals surface area contributed by atoms with Gasteiger partial charge in [0.25, 0.3) is 0 Å². The normalized spacial score (nSPS) is 13.2. The summed E-state index contributed by atoms with van der Waals surface area (Å²) >= 11 is 12.7. The first-order valence-electron chi connectivity index (χ1n) is 13.7. The Morgan fingerprint density at radius 3 is 2.69 bits per heavy atom. The number of anilines is 1. The molecule has 2 amide bonds. The SMILES string of the molecule is O=C(O)Nc1ccc(-c2cc(C(Cc3cc4n(n3)CCCO4)NC(=O)C=Cc3cc(Cl)ccc3-n3cnnn3)nnc2Cl)cc1. The highest BCUT2D eigenvalue weighted by Gasteiger charge is 2.22. The summed E-state index contributed by atoms with van der Waals surface area (Å²) in [6.07, 6.45) is 4.40. The minimum Gasteiger partial charge on any atom is -0.478 e. The molecule has 228 valence electrons. The maximum atomic E-state index is 13.4. The summed E-state index contributed by atoms with van der Waals surface area (Å²) in [7, 11) is 0. The molecule has 0 bridgehead atoms. The smallest absolute Gasteiger partial charge is 0.409 e. The first-order chi connectivity index (χ1) is 21.8. The van der Waals surface area contributed by atoms with E-state index in [4.69, 9.17) is 33.0 Å². The highest BCUT2D eigenvalue weighted by molar-refractivity contribution is 6.32. The number of nitrogens with zero attached hydrogens (tertiary/aromatic N) is 8. The number of carboxylic acid groups (broad SMARTS) is 1. The van der Waals surface area contributed by atoms with Gasteiger partial charge >= 0.3 is 6.09 Å². The molecule has 3 aromatic heterocycles. The van der Waals surface area contributed by atoms with Gasteiger partial charge in [0.1, 0.15) is 6.33 Å². The van der Waals surface area contributed by atoms with Crippen molar-refractivity contribution in [2.45, 2.75) is 25.4 Å². The van der Waals surface area contributed by atoms with Crippen molar-refractivity contribution < 1.29 is 19.4 Å². The number of aryl methyl sites for hydroxylation is 1. The van der Waals surface area contributed by atoms with Crippen LogP contribution < -0.4 is 15.4 Å². The highest BCUT2D eigenvalue weighted by Crippen LogP contribution is 2.30. The molecule has 1 atom stereocenters. The van der Waals surface area contributed by atoms with Gasteiger partial charge in [-0.15, -0.1) is 10.2 Å². The molecule has 6 rings (SSSR count). The number of ether oxygens (including phenoxy) is 1. The number of rotatable bonds is 9. The van der Waals surface area contributed by atoms with Gasteiger partial charge in [0, 0.05) is 53.4 Å². The van der Waals surface area contributed by atoms with Crippen LogP contribution in [0.15, 0.2) is 67.0 Å². The van der Waals surface area contributed by atoms with E-state index in [0.29, 0.717) is 57.0 Å². The molecule has 0 saturated heterocycles. The summed E-state index contributed by atoms with van der Waals surface area (Å²) in [5.74, 6) is 0.250. The van der Waals surface area contributed by atoms with Crippen molar-refractivity contribution in [3.05, 3.63) is 94.1 Å². The molecular formula is C29H24Cl2N10O4. The predicted octanol–water partition coefficient (Wildman–Crippen LogP) is 4.61. The molecule has 14 nitrogen and oxygen atoms in total. The summed E-state index contributed by atoms with van der Waals surface area (Å²) in [5.41, 5.74) is 4.01. The number of carbonyl (C=O) groups is 2. The van der Waals surface area contributed by atoms with Gasteiger partial charge in [0.05, 0.1) is 29.7 Å². The van der Waals surface area contributed by atoms with Crippen molar-refractivity contribution in [2.24, 2.45) is 0 Å². The molecule has 1 unspecified atom stereocenters. The number of amides is 2. The molecule has 2 aromatic carbocycles. The number of tetrazole rings is 1. The Balaban J connectivity index is 1.30. The molecule has 16 heteroatoms. The average Bonchev–Trinajstić information content (AvgIpc) is 3.70. The van der Waals surface area contributed by atoms with Crippen LogP contribution in [0, 0.1) is 0 Å². The number of hydrogen-bond donors (Lipinski definition) is 3. The predicted molar refractivity (Wildman–Crippen MR) is 164 cm³/mol. The monoisotopic (exact) mass is 646 g/mol. The molecule has 0 fully saturated rings. The number of hydrogen-bond acceptors (Lipinski definition) is 9. The van der Waals surface area contributed by atoms with Gasteiger partial charge in [-0.05, 0) is 58.5 Å². The van der Waals surface area contributed by atoms with Crippen LogP contribution in [0.25, 0.3) is 22.9 Å². The van der Waals surface area contributed by atoms with E-state index >= 15 is 0 Å². The fourth-order valence-electron chi connectivity index (χ4n) is 4.80. The summed E-state index contributed by atoms with van der Waals surface area (Å²) in [5, 5.41) is 39.3. The zero-order valence-corrected chi connectivity index (χ0v) is 24.9. The third-order valence-electron chi connectivity index (χ3n) is 6.86. The van der Waals surface area contributed by atoms with Crippen molar-refractivity contribution in [1.29, 1.82) is 0 Å². The van der Waals surface area contributed by atoms with Gasteiger partial charge in [-0.2, -0.15) is 14.9 Å². The van der Waals surface area contributed by atoms with E-state index in [1.807, 2.05) is 6.07 Å². The Hall–Kier alpha value is -5.34. The number of benzene rings is 2. The van der Waals surface area contributed by atoms with Crippen LogP contribution in [-0.2, 0) is 17.8 Å². The lowest BCUT2D eigenvalue weighted by Crippen LogP contribution is -2.29. The number of halogens is 2. The Morgan fingerprint density at radius 1 is 1.09 bits per heavy atom. The van der Waals surface area contributed by atoms with Gasteiger partial charge in [-0.25, -0.2) is 9.48 Å². The lowest BCUT2D eigenvalue weighted by molar-refractivity contribution is -0.117. The summed E-state index contributed by atoms with van der Waals surface area (Å²) < 4.78 is 8.99. The van der Waals surface area contributed by atoms with Gasteiger partial charge in [0.2, 0.25) is 11.8 Å². The molecule has 45 heavy (non-hydrogen) atoms. The topological polar surface area (TPSA) is 175 Å². The van der Waals surface area contributed by atoms with Crippen molar-refractivity contribution in [3.8, 4) is 22.7 Å². The van der Waals surface area contributed by atoms with E-state index in [1.165, 1.54) is 17.1 Å². The number of fused-ring (bicyclic) bond motifs is 1. The standard InChI is InChI=1S/C29H24Cl2N10O4/c30-19-5-8-25(41-16-32-38-39-41)18(12-19)4-9-26(42)34-23(13-21-14-27-40(37-21)10-1-11-45-27)24-15-22(28(31)36-35-24)17-2-6-20(7-3-17)33-29(43)44/h2-9,12,14-16,23,33H,1,10-11,13H2,(H,34,42)(H,43,44). The molecule has 0 saturated carbocycles. The Labute approximate surface area is 265 Å². The number of nitrogens with one attached hydrogen (secondary N) is 2. The molecule has 1 aliphatic rings. The molecule has 0 radical (unpaired) electrons. The van der Waals surface area contributed by atoms with Gasteiger partial charge in [-0.1, -0.05) is 35.3 Å². The Kier molecular flexibility index (Phi) is 8.66. The second kappa shape index (κ2) is 13.1. The lowest BCUT2D eigenvalue weighted by atomic mass is 10.0. The number of carbonyl (C=O) groups excluding carboxylic acids is 1. The molecule has 3 N–H and O–H groups in total. The third-order valence-corrected chi connectivity index (χ3v) is 7.37. The van der Waals surface area contributed by atoms with E-state index < -0.39 is 18.0 Å². The molecule has 1 aliphatic heterocycles. The van der Waals surface area contributed by atoms with Crippen LogP contribution in [0.2, 0.25) is 10.2 Å². The molecular weight excluding hydrogens is 623 g/mol. The van der Waals surface area contributed by atoms with E-state index in [-0.39, 0.29) is 11.6 Å². The van der Waals surface area contributed by atoms with Crippen LogP contribution >= 0.6 is 23.2 Å². The van der Waals surface area contributed by atoms with Gasteiger partial charge < -0.3 is 15.2 Å². The van der Waals surface area contributed by atoms with Crippen molar-refractivity contribution >= 4 is 47.0 Å². The van der Waals surface area contributed by atoms with E-state index in [0.717, 1.165) is 13.0 Å². The second-order valence-corrected chi connectivity index (χ2v) is 10.7. The van der Waals surface area contributed by atoms with Crippen LogP contribution in [-0.4, -0.2) is 63.9 Å². The number of aromatic nitrogens is 8. The van der Waals surface area contributed by atoms with Gasteiger partial charge in [0.15, 0.2) is 5.15 Å². The summed E-state index contributed by atoms with van der Waals surface area (Å²) in [4.78, 5) is 24.4. The zero-order chi connectivity index (χ0) is 31.3. The molecule has 0 aliphatic carbocycles. The van der Waals surface area contributed by atoms with Crippen LogP contribution in [0.4, 0.5) is 10.5 Å². The van der Waals surface area contributed by atoms with Gasteiger partial charge in [-0.3, -0.25) is 10.1 Å². The summed E-state index contributed by atoms with van der Waals surface area (Å²) in [6.45, 7) is 1.34. The Morgan fingerprint density at radius 2 is 1.93 bits per heavy atom. The first kappa shape index (κ1) is 29.7. The van der Waals surface area contributed by atoms with E-state index in [2.05, 4.69) is 41.5 Å². The minimum absolute atomic E-state index is 0.143. The highest BCUT2D eigenvalue weighted by atomic mass is 35.5. The van der Waals surface area contributed by atoms with Crippen molar-refractivity contribution in [3.63, 3.8) is 0 Å². The van der Waals surface area contributed by atoms with E-state index in [9.17, 15) is 9.59 Å². The average molecular weight is 647 g/mol. The fourth-order valence-corrected chi connectivity index (χ4v) is 5.18. The fraction of sp³-hybridized carbons (Fsp3) is 0.172. The minimum atomic E-state index is -1.17. The lowest BCUT2D eigenvalue weighted by Gasteiger charge is -2.17. The maximum absolute atomic E-state index is 13.4. The Bertz CT molecular complexity index is 1850. The van der Waals surface area contributed by atoms with Crippen molar-refractivity contribution in [2.75, 3.05) is 11.9 Å².